The summed E-state index contributed by atoms with van der Waals surface area (Å²) in [6.07, 6.45) is 4.58. The maximum Gasteiger partial charge on any atom is 0.321 e. The quantitative estimate of drug-likeness (QED) is 0.659. The number of amides is 3. The van der Waals surface area contributed by atoms with E-state index >= 15 is 0 Å². The van der Waals surface area contributed by atoms with Crippen molar-refractivity contribution in [3.63, 3.8) is 0 Å². The van der Waals surface area contributed by atoms with Gasteiger partial charge in [-0.3, -0.25) is 14.7 Å². The number of carbonyl (C=O) groups excluding carboxylic acids is 2. The molecule has 4 rings (SSSR count). The first-order valence-electron chi connectivity index (χ1n) is 10.5. The van der Waals surface area contributed by atoms with Crippen LogP contribution >= 0.6 is 11.8 Å². The highest BCUT2D eigenvalue weighted by molar-refractivity contribution is 7.99. The molecular weight excluding hydrogens is 400 g/mol. The summed E-state index contributed by atoms with van der Waals surface area (Å²) in [5.74, 6) is 1.46. The monoisotopic (exact) mass is 428 g/mol. The number of hydrogen-bond acceptors (Lipinski definition) is 6. The lowest BCUT2D eigenvalue weighted by atomic mass is 10.00. The van der Waals surface area contributed by atoms with E-state index in [-0.39, 0.29) is 11.7 Å². The van der Waals surface area contributed by atoms with E-state index in [1.54, 1.807) is 0 Å². The molecule has 0 atom stereocenters. The number of urea groups is 1. The summed E-state index contributed by atoms with van der Waals surface area (Å²) in [7, 11) is 0. The van der Waals surface area contributed by atoms with Gasteiger partial charge in [0.1, 0.15) is 0 Å². The summed E-state index contributed by atoms with van der Waals surface area (Å²) in [6, 6.07) is 9.51. The molecule has 8 nitrogen and oxygen atoms in total. The second-order valence-electron chi connectivity index (χ2n) is 8.06. The number of piperidine rings is 1. The molecule has 2 heterocycles. The maximum absolute atomic E-state index is 12.2. The van der Waals surface area contributed by atoms with Gasteiger partial charge in [-0.2, -0.15) is 0 Å². The first kappa shape index (κ1) is 20.7. The van der Waals surface area contributed by atoms with Gasteiger partial charge in [0.15, 0.2) is 5.16 Å². The van der Waals surface area contributed by atoms with Crippen molar-refractivity contribution in [3.8, 4) is 0 Å². The van der Waals surface area contributed by atoms with Crippen molar-refractivity contribution in [2.24, 2.45) is 5.92 Å². The minimum absolute atomic E-state index is 0.126. The molecule has 160 valence electrons. The van der Waals surface area contributed by atoms with Crippen molar-refractivity contribution in [3.05, 3.63) is 35.9 Å². The Kier molecular flexibility index (Phi) is 6.56. The summed E-state index contributed by atoms with van der Waals surface area (Å²) < 4.78 is 2.18. The Morgan fingerprint density at radius 1 is 1.10 bits per heavy atom. The summed E-state index contributed by atoms with van der Waals surface area (Å²) in [5, 5.41) is 14.6. The van der Waals surface area contributed by atoms with E-state index in [2.05, 4.69) is 37.2 Å². The minimum atomic E-state index is -0.490. The number of aromatic nitrogens is 3. The van der Waals surface area contributed by atoms with E-state index < -0.39 is 6.03 Å². The first-order valence-corrected chi connectivity index (χ1v) is 11.5. The Morgan fingerprint density at radius 2 is 1.83 bits per heavy atom. The fourth-order valence-electron chi connectivity index (χ4n) is 3.56. The lowest BCUT2D eigenvalue weighted by Crippen LogP contribution is -2.40. The molecule has 2 N–H and O–H groups in total. The van der Waals surface area contributed by atoms with Gasteiger partial charge in [0, 0.05) is 25.7 Å². The Labute approximate surface area is 180 Å². The Morgan fingerprint density at radius 3 is 2.53 bits per heavy atom. The molecule has 1 aliphatic carbocycles. The van der Waals surface area contributed by atoms with Gasteiger partial charge < -0.3 is 10.2 Å². The second-order valence-corrected chi connectivity index (χ2v) is 9.00. The van der Waals surface area contributed by atoms with Gasteiger partial charge in [-0.05, 0) is 37.2 Å². The molecule has 0 radical (unpaired) electrons. The zero-order valence-corrected chi connectivity index (χ0v) is 18.0. The van der Waals surface area contributed by atoms with Crippen LogP contribution in [0.2, 0.25) is 0 Å². The average Bonchev–Trinajstić information content (AvgIpc) is 3.51. The molecule has 9 heteroatoms. The zero-order valence-electron chi connectivity index (χ0n) is 17.2. The smallest absolute Gasteiger partial charge is 0.321 e. The average molecular weight is 429 g/mol. The van der Waals surface area contributed by atoms with Gasteiger partial charge >= 0.3 is 6.03 Å². The van der Waals surface area contributed by atoms with Gasteiger partial charge in [0.25, 0.3) is 0 Å². The van der Waals surface area contributed by atoms with Gasteiger partial charge in [0.05, 0.1) is 5.75 Å². The molecule has 2 aliphatic rings. The number of nitrogens with zero attached hydrogens (tertiary/aromatic N) is 4. The van der Waals surface area contributed by atoms with Crippen LogP contribution in [0.15, 0.2) is 35.5 Å². The van der Waals surface area contributed by atoms with Crippen LogP contribution in [-0.4, -0.2) is 45.5 Å². The van der Waals surface area contributed by atoms with E-state index in [1.807, 2.05) is 30.3 Å². The van der Waals surface area contributed by atoms with Gasteiger partial charge in [-0.1, -0.05) is 49.0 Å². The molecule has 0 bridgehead atoms. The molecule has 1 aliphatic heterocycles. The summed E-state index contributed by atoms with van der Waals surface area (Å²) >= 11 is 1.34. The highest BCUT2D eigenvalue weighted by Gasteiger charge is 2.32. The van der Waals surface area contributed by atoms with Gasteiger partial charge in [-0.25, -0.2) is 4.79 Å². The lowest BCUT2D eigenvalue weighted by molar-refractivity contribution is -0.117. The predicted octanol–water partition coefficient (Wildman–Crippen LogP) is 2.97. The van der Waals surface area contributed by atoms with Crippen LogP contribution in [0.25, 0.3) is 0 Å². The van der Waals surface area contributed by atoms with Crippen molar-refractivity contribution in [2.45, 2.75) is 50.4 Å². The number of imide groups is 1. The van der Waals surface area contributed by atoms with Crippen LogP contribution in [0.4, 0.5) is 10.7 Å². The molecule has 1 saturated carbocycles. The fourth-order valence-corrected chi connectivity index (χ4v) is 4.36. The Balaban J connectivity index is 1.29. The second kappa shape index (κ2) is 9.51. The molecule has 1 aromatic carbocycles. The number of carbonyl (C=O) groups is 2. The van der Waals surface area contributed by atoms with Crippen molar-refractivity contribution in [1.29, 1.82) is 0 Å². The van der Waals surface area contributed by atoms with Crippen molar-refractivity contribution < 1.29 is 9.59 Å². The number of rotatable bonds is 7. The zero-order chi connectivity index (χ0) is 20.9. The van der Waals surface area contributed by atoms with Crippen LogP contribution in [0.1, 0.15) is 44.2 Å². The van der Waals surface area contributed by atoms with E-state index in [0.29, 0.717) is 12.6 Å². The Hall–Kier alpha value is -2.55. The van der Waals surface area contributed by atoms with Crippen LogP contribution in [0, 0.1) is 5.92 Å². The predicted molar refractivity (Wildman–Crippen MR) is 116 cm³/mol. The third-order valence-electron chi connectivity index (χ3n) is 5.51. The van der Waals surface area contributed by atoms with Crippen molar-refractivity contribution in [2.75, 3.05) is 23.7 Å². The largest absolute Gasteiger partial charge is 0.341 e. The molecule has 2 aromatic rings. The van der Waals surface area contributed by atoms with Crippen molar-refractivity contribution in [1.82, 2.24) is 25.4 Å². The van der Waals surface area contributed by atoms with E-state index in [9.17, 15) is 9.59 Å². The number of benzene rings is 1. The summed E-state index contributed by atoms with van der Waals surface area (Å²) in [4.78, 5) is 26.5. The summed E-state index contributed by atoms with van der Waals surface area (Å²) in [6.45, 7) is 4.66. The van der Waals surface area contributed by atoms with E-state index in [1.165, 1.54) is 24.6 Å². The first-order chi connectivity index (χ1) is 14.6. The topological polar surface area (TPSA) is 92.2 Å². The molecule has 0 unspecified atom stereocenters. The molecule has 0 spiro atoms. The minimum Gasteiger partial charge on any atom is -0.341 e. The van der Waals surface area contributed by atoms with Crippen LogP contribution in [0.5, 0.6) is 0 Å². The maximum atomic E-state index is 12.2. The van der Waals surface area contributed by atoms with Crippen LogP contribution in [-0.2, 0) is 11.3 Å². The van der Waals surface area contributed by atoms with Crippen LogP contribution < -0.4 is 15.5 Å². The molecule has 1 saturated heterocycles. The number of anilines is 1. The number of thioether (sulfide) groups is 1. The van der Waals surface area contributed by atoms with Gasteiger partial charge in [-0.15, -0.1) is 10.2 Å². The van der Waals surface area contributed by atoms with E-state index in [4.69, 9.17) is 0 Å². The highest BCUT2D eigenvalue weighted by Crippen LogP contribution is 2.41. The molecule has 30 heavy (non-hydrogen) atoms. The molecule has 3 amide bonds. The van der Waals surface area contributed by atoms with Crippen molar-refractivity contribution >= 4 is 29.6 Å². The normalized spacial score (nSPS) is 17.0. The summed E-state index contributed by atoms with van der Waals surface area (Å²) in [5.41, 5.74) is 0.978. The Bertz CT molecular complexity index is 875. The molecule has 2 fully saturated rings. The van der Waals surface area contributed by atoms with E-state index in [0.717, 1.165) is 48.5 Å². The lowest BCUT2D eigenvalue weighted by Gasteiger charge is -2.31. The third-order valence-corrected chi connectivity index (χ3v) is 6.45. The van der Waals surface area contributed by atoms with Crippen LogP contribution in [0.3, 0.4) is 0 Å². The standard InChI is InChI=1S/C21H28N6O2S/c1-15-9-11-26(12-10-15)20-24-25-21(27(20)17-7-8-17)30-14-18(28)23-19(29)22-13-16-5-3-2-4-6-16/h2-6,15,17H,7-14H2,1H3,(H2,22,23,28,29). The molecule has 1 aromatic heterocycles. The fraction of sp³-hybridized carbons (Fsp3) is 0.524. The number of nitrogens with one attached hydrogen (secondary N) is 2. The third kappa shape index (κ3) is 5.33. The number of hydrogen-bond donors (Lipinski definition) is 2. The van der Waals surface area contributed by atoms with Gasteiger partial charge in [0.2, 0.25) is 11.9 Å². The molecular formula is C21H28N6O2S. The highest BCUT2D eigenvalue weighted by atomic mass is 32.2. The SMILES string of the molecule is CC1CCN(c2nnc(SCC(=O)NC(=O)NCc3ccccc3)n2C2CC2)CC1.